The van der Waals surface area contributed by atoms with Gasteiger partial charge in [-0.05, 0) is 37.0 Å². The molecule has 3 fully saturated rings. The summed E-state index contributed by atoms with van der Waals surface area (Å²) >= 11 is 0. The summed E-state index contributed by atoms with van der Waals surface area (Å²) in [5, 5.41) is 16.1. The van der Waals surface area contributed by atoms with Gasteiger partial charge in [0.25, 0.3) is 0 Å². The number of carbonyl (C=O) groups excluding carboxylic acids is 1. The highest BCUT2D eigenvalue weighted by atomic mass is 32.2. The highest BCUT2D eigenvalue weighted by molar-refractivity contribution is 7.91. The maximum atomic E-state index is 14.5. The van der Waals surface area contributed by atoms with Crippen LogP contribution in [0.2, 0.25) is 0 Å². The predicted octanol–water partition coefficient (Wildman–Crippen LogP) is 4.04. The van der Waals surface area contributed by atoms with Crippen LogP contribution < -0.4 is 10.2 Å². The minimum atomic E-state index is -4.58. The summed E-state index contributed by atoms with van der Waals surface area (Å²) in [6.45, 7) is -0.765. The molecular formula is C26H28F5N5O3S. The van der Waals surface area contributed by atoms with Gasteiger partial charge >= 0.3 is 6.18 Å². The number of benzene rings is 1. The van der Waals surface area contributed by atoms with Crippen molar-refractivity contribution in [3.8, 4) is 17.2 Å². The number of halogens is 5. The Morgan fingerprint density at radius 1 is 1.12 bits per heavy atom. The molecule has 5 rings (SSSR count). The largest absolute Gasteiger partial charge is 0.408 e. The molecule has 1 aliphatic heterocycles. The van der Waals surface area contributed by atoms with Crippen molar-refractivity contribution >= 4 is 21.4 Å². The zero-order valence-corrected chi connectivity index (χ0v) is 22.2. The molecule has 1 aromatic heterocycles. The average Bonchev–Trinajstić information content (AvgIpc) is 3.53. The molecule has 40 heavy (non-hydrogen) atoms. The molecule has 216 valence electrons. The lowest BCUT2D eigenvalue weighted by atomic mass is 9.74. The van der Waals surface area contributed by atoms with E-state index >= 15 is 0 Å². The van der Waals surface area contributed by atoms with Crippen LogP contribution in [0.15, 0.2) is 30.5 Å². The Bertz CT molecular complexity index is 1410. The quantitative estimate of drug-likeness (QED) is 0.513. The fourth-order valence-electron chi connectivity index (χ4n) is 5.47. The molecule has 0 radical (unpaired) electrons. The minimum absolute atomic E-state index is 0.0198. The summed E-state index contributed by atoms with van der Waals surface area (Å²) < 4.78 is 93.0. The van der Waals surface area contributed by atoms with Gasteiger partial charge in [0.05, 0.1) is 29.2 Å². The van der Waals surface area contributed by atoms with Crippen LogP contribution in [0.25, 0.3) is 11.1 Å². The lowest BCUT2D eigenvalue weighted by molar-refractivity contribution is -0.142. The van der Waals surface area contributed by atoms with Crippen LogP contribution >= 0.6 is 0 Å². The van der Waals surface area contributed by atoms with Crippen molar-refractivity contribution in [1.29, 1.82) is 5.26 Å². The van der Waals surface area contributed by atoms with Gasteiger partial charge in [-0.1, -0.05) is 12.1 Å². The first-order chi connectivity index (χ1) is 18.7. The van der Waals surface area contributed by atoms with Crippen molar-refractivity contribution in [2.24, 2.45) is 5.92 Å². The van der Waals surface area contributed by atoms with E-state index < -0.39 is 64.6 Å². The summed E-state index contributed by atoms with van der Waals surface area (Å²) in [4.78, 5) is 15.1. The van der Waals surface area contributed by atoms with Gasteiger partial charge in [-0.2, -0.15) is 23.5 Å². The van der Waals surface area contributed by atoms with E-state index in [1.54, 1.807) is 24.3 Å². The Labute approximate surface area is 228 Å². The van der Waals surface area contributed by atoms with E-state index in [4.69, 9.17) is 0 Å². The number of amides is 1. The second kappa shape index (κ2) is 10.0. The molecule has 2 aromatic rings. The minimum Gasteiger partial charge on any atom is -0.369 e. The van der Waals surface area contributed by atoms with E-state index in [1.165, 1.54) is 6.20 Å². The van der Waals surface area contributed by atoms with Gasteiger partial charge in [-0.15, -0.1) is 0 Å². The molecule has 2 aliphatic carbocycles. The maximum Gasteiger partial charge on any atom is 0.408 e. The number of rotatable bonds is 6. The first kappa shape index (κ1) is 28.3. The van der Waals surface area contributed by atoms with Gasteiger partial charge in [-0.25, -0.2) is 17.2 Å². The van der Waals surface area contributed by atoms with Gasteiger partial charge in [0.15, 0.2) is 9.84 Å². The number of anilines is 1. The van der Waals surface area contributed by atoms with E-state index in [0.29, 0.717) is 41.7 Å². The van der Waals surface area contributed by atoms with Crippen LogP contribution in [0.1, 0.15) is 43.7 Å². The van der Waals surface area contributed by atoms with Crippen molar-refractivity contribution in [2.75, 3.05) is 29.5 Å². The third-order valence-electron chi connectivity index (χ3n) is 7.86. The molecule has 0 bridgehead atoms. The molecule has 8 nitrogen and oxygen atoms in total. The fraction of sp³-hybridized carbons (Fsp3) is 0.577. The van der Waals surface area contributed by atoms with Gasteiger partial charge in [0, 0.05) is 49.3 Å². The van der Waals surface area contributed by atoms with Crippen molar-refractivity contribution in [3.63, 3.8) is 0 Å². The zero-order chi connectivity index (χ0) is 28.9. The van der Waals surface area contributed by atoms with Crippen LogP contribution in [0.4, 0.5) is 27.6 Å². The molecule has 1 N–H and O–H groups in total. The Kier molecular flexibility index (Phi) is 7.09. The van der Waals surface area contributed by atoms with Gasteiger partial charge in [-0.3, -0.25) is 9.48 Å². The number of nitrogens with one attached hydrogen (secondary N) is 1. The number of hydrogen-bond acceptors (Lipinski definition) is 6. The summed E-state index contributed by atoms with van der Waals surface area (Å²) in [5.74, 6) is -5.99. The van der Waals surface area contributed by atoms with Crippen LogP contribution in [-0.2, 0) is 21.2 Å². The molecule has 2 atom stereocenters. The van der Waals surface area contributed by atoms with Crippen molar-refractivity contribution in [1.82, 2.24) is 15.1 Å². The summed E-state index contributed by atoms with van der Waals surface area (Å²) in [6.07, 6.45) is -4.07. The maximum absolute atomic E-state index is 14.5. The monoisotopic (exact) mass is 585 g/mol. The van der Waals surface area contributed by atoms with Gasteiger partial charge < -0.3 is 10.2 Å². The Balaban J connectivity index is 1.48. The number of nitrogens with zero attached hydrogens (tertiary/aromatic N) is 4. The molecule has 1 aromatic carbocycles. The smallest absolute Gasteiger partial charge is 0.369 e. The third kappa shape index (κ3) is 6.24. The predicted molar refractivity (Wildman–Crippen MR) is 135 cm³/mol. The van der Waals surface area contributed by atoms with Crippen LogP contribution in [0.3, 0.4) is 0 Å². The molecule has 0 spiro atoms. The first-order valence-corrected chi connectivity index (χ1v) is 14.8. The second-order valence-electron chi connectivity index (χ2n) is 10.9. The Morgan fingerprint density at radius 3 is 2.35 bits per heavy atom. The van der Waals surface area contributed by atoms with Gasteiger partial charge in [0.1, 0.15) is 12.1 Å². The van der Waals surface area contributed by atoms with Crippen LogP contribution in [-0.4, -0.2) is 66.3 Å². The molecule has 1 amide bonds. The summed E-state index contributed by atoms with van der Waals surface area (Å²) in [6, 6.07) is 8.78. The number of aromatic nitrogens is 2. The van der Waals surface area contributed by atoms with Crippen LogP contribution in [0.5, 0.6) is 0 Å². The van der Waals surface area contributed by atoms with E-state index in [9.17, 15) is 40.4 Å². The van der Waals surface area contributed by atoms with Crippen LogP contribution in [0, 0.1) is 17.2 Å². The van der Waals surface area contributed by atoms with Gasteiger partial charge in [0.2, 0.25) is 11.8 Å². The van der Waals surface area contributed by atoms with E-state index in [1.807, 2.05) is 11.0 Å². The number of sulfone groups is 1. The standard InChI is InChI=1S/C26H28F5N5O3S/c27-25(28)6-5-19(20(13-25)23(37)33-24(15-32)7-8-24)22-21(14-36(34-22)16-26(29,30)31)17-1-3-18(4-2-17)35-9-11-40(38,39)12-10-35/h1-4,14,19-20H,5-13,16H2,(H,33,37)/t19-,20-/m1/s1. The van der Waals surface area contributed by atoms with Crippen molar-refractivity contribution in [2.45, 2.75) is 62.2 Å². The first-order valence-electron chi connectivity index (χ1n) is 13.0. The normalized spacial score (nSPS) is 25.1. The average molecular weight is 586 g/mol. The van der Waals surface area contributed by atoms with E-state index in [-0.39, 0.29) is 23.6 Å². The summed E-state index contributed by atoms with van der Waals surface area (Å²) in [7, 11) is -3.08. The number of nitriles is 1. The number of hydrogen-bond donors (Lipinski definition) is 1. The molecule has 2 saturated carbocycles. The molecule has 2 heterocycles. The van der Waals surface area contributed by atoms with E-state index in [0.717, 1.165) is 5.69 Å². The lowest BCUT2D eigenvalue weighted by Crippen LogP contribution is -2.45. The van der Waals surface area contributed by atoms with E-state index in [2.05, 4.69) is 10.4 Å². The second-order valence-corrected chi connectivity index (χ2v) is 13.2. The molecule has 0 unspecified atom stereocenters. The Hall–Kier alpha value is -3.21. The van der Waals surface area contributed by atoms with Crippen molar-refractivity contribution < 1.29 is 35.2 Å². The third-order valence-corrected chi connectivity index (χ3v) is 9.47. The highest BCUT2D eigenvalue weighted by Crippen LogP contribution is 2.48. The summed E-state index contributed by atoms with van der Waals surface area (Å²) in [5.41, 5.74) is 0.564. The molecular weight excluding hydrogens is 557 g/mol. The Morgan fingerprint density at radius 2 is 1.77 bits per heavy atom. The zero-order valence-electron chi connectivity index (χ0n) is 21.4. The topological polar surface area (TPSA) is 108 Å². The molecule has 14 heteroatoms. The molecule has 3 aliphatic rings. The number of carbonyl (C=O) groups is 1. The highest BCUT2D eigenvalue weighted by Gasteiger charge is 2.51. The number of alkyl halides is 5. The lowest BCUT2D eigenvalue weighted by Gasteiger charge is -2.35. The molecule has 1 saturated heterocycles. The van der Waals surface area contributed by atoms with Crippen molar-refractivity contribution in [3.05, 3.63) is 36.2 Å². The SMILES string of the molecule is N#CC1(NC(=O)[C@@H]2CC(F)(F)CC[C@H]2c2nn(CC(F)(F)F)cc2-c2ccc(N3CCS(=O)(=O)CC3)cc2)CC1. The fourth-order valence-corrected chi connectivity index (χ4v) is 6.68.